The molecule has 0 saturated carbocycles. The van der Waals surface area contributed by atoms with E-state index in [0.29, 0.717) is 10.8 Å². The highest BCUT2D eigenvalue weighted by molar-refractivity contribution is 14.1. The molecule has 0 aliphatic heterocycles. The van der Waals surface area contributed by atoms with E-state index in [4.69, 9.17) is 17.3 Å². The molecule has 1 aromatic carbocycles. The molecule has 0 saturated heterocycles. The molecule has 2 aromatic rings. The van der Waals surface area contributed by atoms with Crippen molar-refractivity contribution in [2.75, 3.05) is 5.73 Å². The van der Waals surface area contributed by atoms with E-state index >= 15 is 0 Å². The first-order valence-electron chi connectivity index (χ1n) is 4.75. The van der Waals surface area contributed by atoms with Crippen LogP contribution >= 0.6 is 34.2 Å². The molecule has 0 fully saturated rings. The second kappa shape index (κ2) is 4.25. The molecule has 5 heteroatoms. The number of nitrogens with two attached hydrogens (primary N) is 1. The molecule has 2 N–H and O–H groups in total. The number of aryl methyl sites for hydroxylation is 1. The van der Waals surface area contributed by atoms with Gasteiger partial charge in [0.2, 0.25) is 0 Å². The van der Waals surface area contributed by atoms with Crippen molar-refractivity contribution in [3.8, 4) is 11.3 Å². The number of halogens is 2. The van der Waals surface area contributed by atoms with Crippen LogP contribution in [0, 0.1) is 10.5 Å². The number of hydrogen-bond donors (Lipinski definition) is 1. The van der Waals surface area contributed by atoms with Crippen LogP contribution in [-0.2, 0) is 7.05 Å². The van der Waals surface area contributed by atoms with Gasteiger partial charge in [-0.15, -0.1) is 0 Å². The van der Waals surface area contributed by atoms with Crippen molar-refractivity contribution < 1.29 is 0 Å². The minimum atomic E-state index is 0.686. The van der Waals surface area contributed by atoms with E-state index in [1.807, 2.05) is 32.2 Å². The summed E-state index contributed by atoms with van der Waals surface area (Å²) >= 11 is 8.27. The van der Waals surface area contributed by atoms with Crippen molar-refractivity contribution in [2.24, 2.45) is 7.05 Å². The molecule has 0 aliphatic rings. The smallest absolute Gasteiger partial charge is 0.124 e. The molecule has 0 atom stereocenters. The van der Waals surface area contributed by atoms with E-state index in [-0.39, 0.29) is 0 Å². The minimum Gasteiger partial charge on any atom is -0.384 e. The lowest BCUT2D eigenvalue weighted by molar-refractivity contribution is 0.782. The van der Waals surface area contributed by atoms with Gasteiger partial charge in [-0.05, 0) is 47.7 Å². The van der Waals surface area contributed by atoms with Gasteiger partial charge in [0, 0.05) is 26.8 Å². The predicted molar refractivity (Wildman–Crippen MR) is 75.5 cm³/mol. The monoisotopic (exact) mass is 347 g/mol. The fraction of sp³-hybridized carbons (Fsp3) is 0.182. The Morgan fingerprint density at radius 3 is 2.69 bits per heavy atom. The van der Waals surface area contributed by atoms with Crippen LogP contribution < -0.4 is 5.73 Å². The summed E-state index contributed by atoms with van der Waals surface area (Å²) in [6.07, 6.45) is 0. The Bertz CT molecular complexity index is 548. The molecule has 0 radical (unpaired) electrons. The zero-order valence-corrected chi connectivity index (χ0v) is 11.9. The van der Waals surface area contributed by atoms with Gasteiger partial charge in [0.05, 0.1) is 5.69 Å². The average Bonchev–Trinajstić information content (AvgIpc) is 2.50. The maximum absolute atomic E-state index is 6.00. The minimum absolute atomic E-state index is 0.686. The third kappa shape index (κ3) is 1.91. The maximum atomic E-state index is 6.00. The number of nitrogens with zero attached hydrogens (tertiary/aromatic N) is 2. The second-order valence-electron chi connectivity index (χ2n) is 3.61. The van der Waals surface area contributed by atoms with Gasteiger partial charge in [0.1, 0.15) is 5.82 Å². The van der Waals surface area contributed by atoms with Crippen molar-refractivity contribution in [3.05, 3.63) is 32.4 Å². The molecule has 0 bridgehead atoms. The molecule has 0 unspecified atom stereocenters. The number of rotatable bonds is 1. The summed E-state index contributed by atoms with van der Waals surface area (Å²) in [5.74, 6) is 0.686. The van der Waals surface area contributed by atoms with Crippen LogP contribution in [0.25, 0.3) is 11.3 Å². The van der Waals surface area contributed by atoms with Gasteiger partial charge in [-0.25, -0.2) is 0 Å². The Balaban J connectivity index is 2.67. The molecule has 84 valence electrons. The van der Waals surface area contributed by atoms with Crippen molar-refractivity contribution in [2.45, 2.75) is 6.92 Å². The number of benzene rings is 1. The van der Waals surface area contributed by atoms with Crippen LogP contribution in [0.1, 0.15) is 5.56 Å². The number of hydrogen-bond acceptors (Lipinski definition) is 2. The summed E-state index contributed by atoms with van der Waals surface area (Å²) in [7, 11) is 1.84. The summed E-state index contributed by atoms with van der Waals surface area (Å²) in [5.41, 5.74) is 8.80. The van der Waals surface area contributed by atoms with Gasteiger partial charge in [-0.3, -0.25) is 4.68 Å². The predicted octanol–water partition coefficient (Wildman–Crippen LogP) is 3.24. The van der Waals surface area contributed by atoms with E-state index in [0.717, 1.165) is 20.4 Å². The largest absolute Gasteiger partial charge is 0.384 e. The summed E-state index contributed by atoms with van der Waals surface area (Å²) in [4.78, 5) is 0. The zero-order chi connectivity index (χ0) is 11.9. The Morgan fingerprint density at radius 1 is 1.44 bits per heavy atom. The van der Waals surface area contributed by atoms with Gasteiger partial charge in [0.25, 0.3) is 0 Å². The number of aromatic nitrogens is 2. The first kappa shape index (κ1) is 11.7. The topological polar surface area (TPSA) is 43.8 Å². The highest BCUT2D eigenvalue weighted by Gasteiger charge is 2.14. The van der Waals surface area contributed by atoms with Gasteiger partial charge < -0.3 is 5.73 Å². The Morgan fingerprint density at radius 2 is 2.12 bits per heavy atom. The normalized spacial score (nSPS) is 10.8. The van der Waals surface area contributed by atoms with Gasteiger partial charge in [0.15, 0.2) is 0 Å². The lowest BCUT2D eigenvalue weighted by Gasteiger charge is -2.02. The van der Waals surface area contributed by atoms with E-state index in [1.165, 1.54) is 0 Å². The summed E-state index contributed by atoms with van der Waals surface area (Å²) in [6.45, 7) is 1.97. The first-order valence-corrected chi connectivity index (χ1v) is 6.21. The standard InChI is InChI=1S/C11H11ClIN3/c1-6-10(15-16(2)11(6)14)8-5-7(12)3-4-9(8)13/h3-5H,14H2,1-2H3. The Labute approximate surface area is 113 Å². The molecule has 0 spiro atoms. The van der Waals surface area contributed by atoms with Gasteiger partial charge in [-0.2, -0.15) is 5.10 Å². The zero-order valence-electron chi connectivity index (χ0n) is 8.96. The molecule has 1 heterocycles. The molecule has 0 amide bonds. The SMILES string of the molecule is Cc1c(-c2cc(Cl)ccc2I)nn(C)c1N. The van der Waals surface area contributed by atoms with E-state index in [1.54, 1.807) is 4.68 Å². The highest BCUT2D eigenvalue weighted by atomic mass is 127. The van der Waals surface area contributed by atoms with E-state index < -0.39 is 0 Å². The summed E-state index contributed by atoms with van der Waals surface area (Å²) in [5, 5.41) is 5.12. The van der Waals surface area contributed by atoms with Crippen LogP contribution in [0.5, 0.6) is 0 Å². The molecule has 2 rings (SSSR count). The highest BCUT2D eigenvalue weighted by Crippen LogP contribution is 2.31. The van der Waals surface area contributed by atoms with Crippen LogP contribution in [0.2, 0.25) is 5.02 Å². The van der Waals surface area contributed by atoms with E-state index in [9.17, 15) is 0 Å². The Kier molecular flexibility index (Phi) is 3.12. The molecule has 0 aliphatic carbocycles. The fourth-order valence-corrected chi connectivity index (χ4v) is 2.34. The first-order chi connectivity index (χ1) is 7.50. The van der Waals surface area contributed by atoms with Crippen LogP contribution in [0.4, 0.5) is 5.82 Å². The molecule has 16 heavy (non-hydrogen) atoms. The van der Waals surface area contributed by atoms with Gasteiger partial charge >= 0.3 is 0 Å². The lowest BCUT2D eigenvalue weighted by atomic mass is 10.1. The van der Waals surface area contributed by atoms with Crippen LogP contribution in [0.3, 0.4) is 0 Å². The summed E-state index contributed by atoms with van der Waals surface area (Å²) < 4.78 is 2.80. The van der Waals surface area contributed by atoms with Crippen molar-refractivity contribution in [1.82, 2.24) is 9.78 Å². The van der Waals surface area contributed by atoms with Crippen molar-refractivity contribution >= 4 is 40.0 Å². The van der Waals surface area contributed by atoms with Gasteiger partial charge in [-0.1, -0.05) is 11.6 Å². The van der Waals surface area contributed by atoms with Crippen LogP contribution in [0.15, 0.2) is 18.2 Å². The molecule has 1 aromatic heterocycles. The summed E-state index contributed by atoms with van der Waals surface area (Å²) in [6, 6.07) is 5.76. The maximum Gasteiger partial charge on any atom is 0.124 e. The van der Waals surface area contributed by atoms with Crippen molar-refractivity contribution in [3.63, 3.8) is 0 Å². The third-order valence-corrected chi connectivity index (χ3v) is 3.70. The van der Waals surface area contributed by atoms with Crippen molar-refractivity contribution in [1.29, 1.82) is 0 Å². The number of anilines is 1. The quantitative estimate of drug-likeness (QED) is 0.805. The lowest BCUT2D eigenvalue weighted by Crippen LogP contribution is -1.97. The Hall–Kier alpha value is -0.750. The number of nitrogen functional groups attached to an aromatic ring is 1. The van der Waals surface area contributed by atoms with Crippen LogP contribution in [-0.4, -0.2) is 9.78 Å². The average molecular weight is 348 g/mol. The van der Waals surface area contributed by atoms with E-state index in [2.05, 4.69) is 27.7 Å². The fourth-order valence-electron chi connectivity index (χ4n) is 1.58. The second-order valence-corrected chi connectivity index (χ2v) is 5.21. The molecule has 3 nitrogen and oxygen atoms in total. The molecular formula is C11H11ClIN3. The third-order valence-electron chi connectivity index (χ3n) is 2.52. The molecular weight excluding hydrogens is 336 g/mol.